The number of carbonyl (C=O) groups is 1. The molecule has 158 valence electrons. The van der Waals surface area contributed by atoms with Crippen LogP contribution < -0.4 is 4.74 Å². The van der Waals surface area contributed by atoms with Gasteiger partial charge in [-0.2, -0.15) is 4.98 Å². The quantitative estimate of drug-likeness (QED) is 0.456. The molecule has 0 aliphatic carbocycles. The number of aromatic nitrogens is 4. The van der Waals surface area contributed by atoms with E-state index in [2.05, 4.69) is 15.1 Å². The van der Waals surface area contributed by atoms with Crippen LogP contribution in [0.5, 0.6) is 5.75 Å². The van der Waals surface area contributed by atoms with Crippen LogP contribution >= 0.6 is 0 Å². The second kappa shape index (κ2) is 8.95. The van der Waals surface area contributed by atoms with Gasteiger partial charge >= 0.3 is 0 Å². The molecule has 0 radical (unpaired) electrons. The largest absolute Gasteiger partial charge is 0.489 e. The summed E-state index contributed by atoms with van der Waals surface area (Å²) in [7, 11) is 0. The van der Waals surface area contributed by atoms with Gasteiger partial charge in [0.2, 0.25) is 5.82 Å². The maximum Gasteiger partial charge on any atom is 0.293 e. The predicted molar refractivity (Wildman–Crippen MR) is 118 cm³/mol. The van der Waals surface area contributed by atoms with Crippen LogP contribution in [-0.2, 0) is 13.2 Å². The lowest BCUT2D eigenvalue weighted by molar-refractivity contribution is 0.0740. The molecule has 4 aromatic rings. The molecule has 0 bridgehead atoms. The number of amides is 1. The first-order valence-electron chi connectivity index (χ1n) is 10.3. The van der Waals surface area contributed by atoms with Gasteiger partial charge in [0.25, 0.3) is 11.7 Å². The summed E-state index contributed by atoms with van der Waals surface area (Å²) in [4.78, 5) is 23.4. The molecule has 31 heavy (non-hydrogen) atoms. The molecular formula is C24H25N5O2. The third kappa shape index (κ3) is 4.71. The van der Waals surface area contributed by atoms with Crippen molar-refractivity contribution in [3.8, 4) is 5.75 Å². The molecule has 0 fully saturated rings. The summed E-state index contributed by atoms with van der Waals surface area (Å²) in [5.74, 6) is 1.18. The Morgan fingerprint density at radius 1 is 1.00 bits per heavy atom. The Kier molecular flexibility index (Phi) is 5.93. The molecule has 0 unspecified atom stereocenters. The zero-order chi connectivity index (χ0) is 21.8. The van der Waals surface area contributed by atoms with Crippen LogP contribution in [0.1, 0.15) is 40.1 Å². The molecule has 4 rings (SSSR count). The fourth-order valence-corrected chi connectivity index (χ4v) is 3.38. The minimum absolute atomic E-state index is 0.158. The van der Waals surface area contributed by atoms with Gasteiger partial charge in [-0.15, -0.1) is 5.10 Å². The van der Waals surface area contributed by atoms with Crippen molar-refractivity contribution in [2.45, 2.75) is 33.9 Å². The van der Waals surface area contributed by atoms with E-state index >= 15 is 0 Å². The highest BCUT2D eigenvalue weighted by molar-refractivity contribution is 5.90. The first kappa shape index (κ1) is 20.5. The van der Waals surface area contributed by atoms with Crippen molar-refractivity contribution in [3.63, 3.8) is 0 Å². The van der Waals surface area contributed by atoms with Crippen LogP contribution in [-0.4, -0.2) is 36.9 Å². The number of nitrogens with zero attached hydrogens (tertiary/aromatic N) is 5. The number of benzene rings is 2. The Morgan fingerprint density at radius 3 is 2.45 bits per heavy atom. The van der Waals surface area contributed by atoms with Gasteiger partial charge in [0.15, 0.2) is 0 Å². The fourth-order valence-electron chi connectivity index (χ4n) is 3.38. The lowest BCUT2D eigenvalue weighted by atomic mass is 10.2. The molecule has 2 aromatic carbocycles. The highest BCUT2D eigenvalue weighted by Crippen LogP contribution is 2.16. The van der Waals surface area contributed by atoms with Gasteiger partial charge in [-0.3, -0.25) is 4.79 Å². The van der Waals surface area contributed by atoms with E-state index < -0.39 is 0 Å². The summed E-state index contributed by atoms with van der Waals surface area (Å²) in [6, 6.07) is 19.8. The van der Waals surface area contributed by atoms with E-state index in [9.17, 15) is 4.79 Å². The Morgan fingerprint density at radius 2 is 1.74 bits per heavy atom. The summed E-state index contributed by atoms with van der Waals surface area (Å²) in [5.41, 5.74) is 3.87. The van der Waals surface area contributed by atoms with Crippen molar-refractivity contribution < 1.29 is 9.53 Å². The highest BCUT2D eigenvalue weighted by Gasteiger charge is 2.21. The van der Waals surface area contributed by atoms with E-state index in [-0.39, 0.29) is 11.7 Å². The molecule has 0 atom stereocenters. The zero-order valence-corrected chi connectivity index (χ0v) is 17.9. The van der Waals surface area contributed by atoms with Crippen molar-refractivity contribution >= 4 is 11.7 Å². The standard InChI is InChI=1S/C24H25N5O2/c1-4-28(23(30)22-26-24-25-17(2)14-18(3)29(24)27-22)15-19-10-12-21(13-11-19)31-16-20-8-6-5-7-9-20/h5-14H,4,15-16H2,1-3H3. The SMILES string of the molecule is CCN(Cc1ccc(OCc2ccccc2)cc1)C(=O)c1nc2nc(C)cc(C)n2n1. The summed E-state index contributed by atoms with van der Waals surface area (Å²) in [6.07, 6.45) is 0. The lowest BCUT2D eigenvalue weighted by Gasteiger charge is -2.19. The number of aryl methyl sites for hydroxylation is 2. The molecule has 0 spiro atoms. The van der Waals surface area contributed by atoms with Crippen molar-refractivity contribution in [1.82, 2.24) is 24.5 Å². The van der Waals surface area contributed by atoms with E-state index in [1.165, 1.54) is 0 Å². The Bertz CT molecular complexity index is 1190. The minimum atomic E-state index is -0.213. The van der Waals surface area contributed by atoms with Gasteiger partial charge in [0, 0.05) is 24.5 Å². The Labute approximate surface area is 181 Å². The van der Waals surface area contributed by atoms with E-state index in [1.807, 2.05) is 81.4 Å². The fraction of sp³-hybridized carbons (Fsp3) is 0.250. The Hall–Kier alpha value is -3.74. The van der Waals surface area contributed by atoms with Crippen molar-refractivity contribution in [2.24, 2.45) is 0 Å². The van der Waals surface area contributed by atoms with Crippen LogP contribution in [0.4, 0.5) is 0 Å². The number of ether oxygens (including phenoxy) is 1. The molecular weight excluding hydrogens is 390 g/mol. The van der Waals surface area contributed by atoms with Gasteiger partial charge in [0.05, 0.1) is 0 Å². The summed E-state index contributed by atoms with van der Waals surface area (Å²) >= 11 is 0. The summed E-state index contributed by atoms with van der Waals surface area (Å²) in [5, 5.41) is 4.36. The number of rotatable bonds is 7. The van der Waals surface area contributed by atoms with Gasteiger partial charge in [-0.1, -0.05) is 42.5 Å². The third-order valence-electron chi connectivity index (χ3n) is 5.02. The van der Waals surface area contributed by atoms with Crippen LogP contribution in [0.25, 0.3) is 5.78 Å². The first-order chi connectivity index (χ1) is 15.0. The second-order valence-corrected chi connectivity index (χ2v) is 7.42. The molecule has 2 aromatic heterocycles. The summed E-state index contributed by atoms with van der Waals surface area (Å²) < 4.78 is 7.44. The Balaban J connectivity index is 1.43. The summed E-state index contributed by atoms with van der Waals surface area (Å²) in [6.45, 7) is 7.30. The maximum atomic E-state index is 13.0. The number of fused-ring (bicyclic) bond motifs is 1. The van der Waals surface area contributed by atoms with Crippen LogP contribution in [0.3, 0.4) is 0 Å². The van der Waals surface area contributed by atoms with Gasteiger partial charge in [0.1, 0.15) is 12.4 Å². The normalized spacial score (nSPS) is 10.9. The zero-order valence-electron chi connectivity index (χ0n) is 17.9. The van der Waals surface area contributed by atoms with E-state index in [4.69, 9.17) is 4.74 Å². The molecule has 0 N–H and O–H groups in total. The van der Waals surface area contributed by atoms with Crippen LogP contribution in [0, 0.1) is 13.8 Å². The maximum absolute atomic E-state index is 13.0. The number of hydrogen-bond donors (Lipinski definition) is 0. The van der Waals surface area contributed by atoms with E-state index in [1.54, 1.807) is 9.42 Å². The van der Waals surface area contributed by atoms with Gasteiger partial charge in [-0.25, -0.2) is 9.50 Å². The molecule has 0 saturated carbocycles. The molecule has 7 heteroatoms. The average Bonchev–Trinajstić information content (AvgIpc) is 3.21. The minimum Gasteiger partial charge on any atom is -0.489 e. The van der Waals surface area contributed by atoms with Crippen molar-refractivity contribution in [3.05, 3.63) is 89.0 Å². The van der Waals surface area contributed by atoms with Crippen molar-refractivity contribution in [2.75, 3.05) is 6.54 Å². The second-order valence-electron chi connectivity index (χ2n) is 7.42. The molecule has 0 aliphatic heterocycles. The van der Waals surface area contributed by atoms with Crippen LogP contribution in [0.2, 0.25) is 0 Å². The molecule has 1 amide bonds. The van der Waals surface area contributed by atoms with Crippen molar-refractivity contribution in [1.29, 1.82) is 0 Å². The van der Waals surface area contributed by atoms with E-state index in [0.29, 0.717) is 25.5 Å². The molecule has 0 saturated heterocycles. The smallest absolute Gasteiger partial charge is 0.293 e. The first-order valence-corrected chi connectivity index (χ1v) is 10.3. The van der Waals surface area contributed by atoms with Gasteiger partial charge in [-0.05, 0) is 50.1 Å². The highest BCUT2D eigenvalue weighted by atomic mass is 16.5. The molecule has 7 nitrogen and oxygen atoms in total. The van der Waals surface area contributed by atoms with Crippen LogP contribution in [0.15, 0.2) is 60.7 Å². The predicted octanol–water partition coefficient (Wildman–Crippen LogP) is 3.98. The van der Waals surface area contributed by atoms with Gasteiger partial charge < -0.3 is 9.64 Å². The molecule has 0 aliphatic rings. The monoisotopic (exact) mass is 415 g/mol. The topological polar surface area (TPSA) is 72.6 Å². The third-order valence-corrected chi connectivity index (χ3v) is 5.02. The average molecular weight is 415 g/mol. The van der Waals surface area contributed by atoms with E-state index in [0.717, 1.165) is 28.3 Å². The number of hydrogen-bond acceptors (Lipinski definition) is 5. The lowest BCUT2D eigenvalue weighted by Crippen LogP contribution is -2.31. The molecule has 2 heterocycles. The number of carbonyl (C=O) groups excluding carboxylic acids is 1.